The summed E-state index contributed by atoms with van der Waals surface area (Å²) in [5.41, 5.74) is 1.92. The minimum atomic E-state index is -1.08. The number of aliphatic hydroxyl groups is 1. The van der Waals surface area contributed by atoms with Gasteiger partial charge in [-0.15, -0.1) is 0 Å². The van der Waals surface area contributed by atoms with Crippen LogP contribution in [-0.4, -0.2) is 28.2 Å². The molecule has 1 aliphatic carbocycles. The minimum Gasteiger partial charge on any atom is -0.386 e. The van der Waals surface area contributed by atoms with Crippen LogP contribution in [0.1, 0.15) is 68.8 Å². The Morgan fingerprint density at radius 1 is 1.23 bits per heavy atom. The van der Waals surface area contributed by atoms with E-state index in [2.05, 4.69) is 16.5 Å². The highest BCUT2D eigenvalue weighted by Gasteiger charge is 2.29. The number of hydrogen-bond donors (Lipinski definition) is 1. The van der Waals surface area contributed by atoms with E-state index in [0.29, 0.717) is 11.6 Å². The van der Waals surface area contributed by atoms with Crippen LogP contribution in [0, 0.1) is 0 Å². The molecule has 0 saturated heterocycles. The van der Waals surface area contributed by atoms with Gasteiger partial charge < -0.3 is 14.6 Å². The number of rotatable bonds is 2. The molecule has 4 nitrogen and oxygen atoms in total. The third kappa shape index (κ3) is 2.86. The Kier molecular flexibility index (Phi) is 4.17. The van der Waals surface area contributed by atoms with E-state index in [1.54, 1.807) is 13.8 Å². The van der Waals surface area contributed by atoms with Gasteiger partial charge in [0.1, 0.15) is 0 Å². The third-order valence-corrected chi connectivity index (χ3v) is 5.20. The Morgan fingerprint density at radius 2 is 1.91 bits per heavy atom. The molecule has 0 aromatic carbocycles. The maximum Gasteiger partial charge on any atom is 0.257 e. The van der Waals surface area contributed by atoms with E-state index in [1.807, 2.05) is 6.07 Å². The number of aromatic nitrogens is 1. The second-order valence-electron chi connectivity index (χ2n) is 7.54. The smallest absolute Gasteiger partial charge is 0.257 e. The molecule has 1 aromatic rings. The SMILES string of the molecule is CN1CCc2c(cc(C(C)(C)O)c(=O)n2C2CCCCC2)C1. The van der Waals surface area contributed by atoms with Crippen molar-refractivity contribution in [2.24, 2.45) is 0 Å². The molecule has 122 valence electrons. The van der Waals surface area contributed by atoms with Crippen LogP contribution in [0.25, 0.3) is 0 Å². The summed E-state index contributed by atoms with van der Waals surface area (Å²) in [5.74, 6) is 0. The molecule has 0 spiro atoms. The van der Waals surface area contributed by atoms with Gasteiger partial charge in [-0.3, -0.25) is 4.79 Å². The average Bonchev–Trinajstić information content (AvgIpc) is 2.46. The van der Waals surface area contributed by atoms with Gasteiger partial charge in [0.05, 0.1) is 5.60 Å². The topological polar surface area (TPSA) is 45.5 Å². The van der Waals surface area contributed by atoms with E-state index in [1.165, 1.54) is 30.5 Å². The van der Waals surface area contributed by atoms with E-state index in [-0.39, 0.29) is 5.56 Å². The van der Waals surface area contributed by atoms with Crippen LogP contribution in [0.3, 0.4) is 0 Å². The van der Waals surface area contributed by atoms with Gasteiger partial charge in [0.25, 0.3) is 5.56 Å². The van der Waals surface area contributed by atoms with Crippen LogP contribution in [0.5, 0.6) is 0 Å². The van der Waals surface area contributed by atoms with Gasteiger partial charge in [-0.05, 0) is 45.4 Å². The van der Waals surface area contributed by atoms with E-state index in [9.17, 15) is 9.90 Å². The summed E-state index contributed by atoms with van der Waals surface area (Å²) in [4.78, 5) is 15.3. The quantitative estimate of drug-likeness (QED) is 0.913. The highest BCUT2D eigenvalue weighted by atomic mass is 16.3. The molecule has 2 heterocycles. The first-order chi connectivity index (χ1) is 10.4. The van der Waals surface area contributed by atoms with Gasteiger partial charge in [0, 0.05) is 36.8 Å². The predicted octanol–water partition coefficient (Wildman–Crippen LogP) is 2.57. The van der Waals surface area contributed by atoms with Crippen LogP contribution in [0.15, 0.2) is 10.9 Å². The van der Waals surface area contributed by atoms with Crippen molar-refractivity contribution in [1.82, 2.24) is 9.47 Å². The molecule has 0 amide bonds. The molecule has 4 heteroatoms. The summed E-state index contributed by atoms with van der Waals surface area (Å²) < 4.78 is 2.05. The molecular weight excluding hydrogens is 276 g/mol. The monoisotopic (exact) mass is 304 g/mol. The summed E-state index contributed by atoms with van der Waals surface area (Å²) >= 11 is 0. The molecule has 0 atom stereocenters. The van der Waals surface area contributed by atoms with Crippen LogP contribution in [0.4, 0.5) is 0 Å². The van der Waals surface area contributed by atoms with Crippen molar-refractivity contribution < 1.29 is 5.11 Å². The van der Waals surface area contributed by atoms with Crippen molar-refractivity contribution >= 4 is 0 Å². The Hall–Kier alpha value is -1.13. The lowest BCUT2D eigenvalue weighted by Gasteiger charge is -2.34. The highest BCUT2D eigenvalue weighted by Crippen LogP contribution is 2.31. The van der Waals surface area contributed by atoms with Crippen molar-refractivity contribution in [3.05, 3.63) is 33.2 Å². The zero-order chi connectivity index (χ0) is 15.9. The van der Waals surface area contributed by atoms with Crippen LogP contribution < -0.4 is 5.56 Å². The third-order valence-electron chi connectivity index (χ3n) is 5.20. The molecule has 0 radical (unpaired) electrons. The highest BCUT2D eigenvalue weighted by molar-refractivity contribution is 5.32. The Labute approximate surface area is 132 Å². The number of fused-ring (bicyclic) bond motifs is 1. The molecule has 2 aliphatic rings. The van der Waals surface area contributed by atoms with Gasteiger partial charge in [-0.25, -0.2) is 0 Å². The molecule has 1 saturated carbocycles. The summed E-state index contributed by atoms with van der Waals surface area (Å²) in [7, 11) is 2.11. The molecule has 1 N–H and O–H groups in total. The molecule has 3 rings (SSSR count). The first-order valence-corrected chi connectivity index (χ1v) is 8.56. The fraction of sp³-hybridized carbons (Fsp3) is 0.722. The first-order valence-electron chi connectivity index (χ1n) is 8.56. The lowest BCUT2D eigenvalue weighted by molar-refractivity contribution is 0.0756. The van der Waals surface area contributed by atoms with E-state index >= 15 is 0 Å². The molecule has 1 fully saturated rings. The van der Waals surface area contributed by atoms with Crippen molar-refractivity contribution in [2.45, 2.75) is 70.6 Å². The number of likely N-dealkylation sites (N-methyl/N-ethyl adjacent to an activating group) is 1. The number of pyridine rings is 1. The van der Waals surface area contributed by atoms with Crippen LogP contribution in [-0.2, 0) is 18.6 Å². The molecule has 1 aliphatic heterocycles. The van der Waals surface area contributed by atoms with Gasteiger partial charge in [0.15, 0.2) is 0 Å². The molecule has 0 bridgehead atoms. The standard InChI is InChI=1S/C18H28N2O2/c1-18(2,22)15-11-13-12-19(3)10-9-16(13)20(17(15)21)14-7-5-4-6-8-14/h11,14,22H,4-10,12H2,1-3H3. The molecular formula is C18H28N2O2. The molecule has 0 unspecified atom stereocenters. The van der Waals surface area contributed by atoms with Crippen LogP contribution in [0.2, 0.25) is 0 Å². The summed E-state index contributed by atoms with van der Waals surface area (Å²) in [6.45, 7) is 5.30. The van der Waals surface area contributed by atoms with E-state index in [0.717, 1.165) is 32.4 Å². The van der Waals surface area contributed by atoms with Gasteiger partial charge in [-0.1, -0.05) is 19.3 Å². The number of nitrogens with zero attached hydrogens (tertiary/aromatic N) is 2. The fourth-order valence-corrected chi connectivity index (χ4v) is 3.97. The zero-order valence-corrected chi connectivity index (χ0v) is 14.1. The van der Waals surface area contributed by atoms with Gasteiger partial charge in [0.2, 0.25) is 0 Å². The van der Waals surface area contributed by atoms with Crippen molar-refractivity contribution in [3.63, 3.8) is 0 Å². The maximum atomic E-state index is 13.1. The van der Waals surface area contributed by atoms with E-state index in [4.69, 9.17) is 0 Å². The van der Waals surface area contributed by atoms with Crippen molar-refractivity contribution in [1.29, 1.82) is 0 Å². The van der Waals surface area contributed by atoms with Crippen molar-refractivity contribution in [2.75, 3.05) is 13.6 Å². The number of hydrogen-bond acceptors (Lipinski definition) is 3. The van der Waals surface area contributed by atoms with Gasteiger partial charge in [-0.2, -0.15) is 0 Å². The Morgan fingerprint density at radius 3 is 2.55 bits per heavy atom. The average molecular weight is 304 g/mol. The minimum absolute atomic E-state index is 0.0303. The lowest BCUT2D eigenvalue weighted by atomic mass is 9.91. The molecule has 1 aromatic heterocycles. The Bertz CT molecular complexity index is 607. The first kappa shape index (κ1) is 15.8. The summed E-state index contributed by atoms with van der Waals surface area (Å²) in [6, 6.07) is 2.27. The maximum absolute atomic E-state index is 13.1. The largest absolute Gasteiger partial charge is 0.386 e. The second-order valence-corrected chi connectivity index (χ2v) is 7.54. The summed E-state index contributed by atoms with van der Waals surface area (Å²) in [6.07, 6.45) is 6.82. The van der Waals surface area contributed by atoms with E-state index < -0.39 is 5.60 Å². The molecule has 22 heavy (non-hydrogen) atoms. The summed E-state index contributed by atoms with van der Waals surface area (Å²) in [5, 5.41) is 10.4. The zero-order valence-electron chi connectivity index (χ0n) is 14.1. The van der Waals surface area contributed by atoms with Gasteiger partial charge >= 0.3 is 0 Å². The fourth-order valence-electron chi connectivity index (χ4n) is 3.97. The van der Waals surface area contributed by atoms with Crippen molar-refractivity contribution in [3.8, 4) is 0 Å². The predicted molar refractivity (Wildman–Crippen MR) is 88.1 cm³/mol. The Balaban J connectivity index is 2.17. The lowest BCUT2D eigenvalue weighted by Crippen LogP contribution is -2.40. The van der Waals surface area contributed by atoms with Crippen LogP contribution >= 0.6 is 0 Å². The second kappa shape index (κ2) is 5.82. The normalized spacial score (nSPS) is 20.9.